The van der Waals surface area contributed by atoms with Crippen LogP contribution in [0.15, 0.2) is 51.9 Å². The van der Waals surface area contributed by atoms with Gasteiger partial charge >= 0.3 is 6.18 Å². The van der Waals surface area contributed by atoms with Crippen molar-refractivity contribution in [2.24, 2.45) is 0 Å². The van der Waals surface area contributed by atoms with E-state index in [0.717, 1.165) is 58.1 Å². The second kappa shape index (κ2) is 13.7. The molecule has 0 unspecified atom stereocenters. The molecule has 2 saturated heterocycles. The zero-order valence-electron chi connectivity index (χ0n) is 25.5. The van der Waals surface area contributed by atoms with Crippen molar-refractivity contribution in [2.75, 3.05) is 72.1 Å². The number of ether oxygens (including phenoxy) is 3. The first kappa shape index (κ1) is 33.3. The first-order chi connectivity index (χ1) is 21.4. The quantitative estimate of drug-likeness (QED) is 0.281. The van der Waals surface area contributed by atoms with Crippen LogP contribution in [0, 0.1) is 0 Å². The van der Waals surface area contributed by atoms with Gasteiger partial charge in [-0.25, -0.2) is 8.42 Å². The van der Waals surface area contributed by atoms with Crippen LogP contribution in [-0.4, -0.2) is 111 Å². The Balaban J connectivity index is 1.30. The smallest absolute Gasteiger partial charge is 0.420 e. The summed E-state index contributed by atoms with van der Waals surface area (Å²) in [7, 11) is -2.52. The van der Waals surface area contributed by atoms with Gasteiger partial charge in [0.15, 0.2) is 9.84 Å². The number of sulfone groups is 1. The molecule has 246 valence electrons. The average molecular weight is 654 g/mol. The summed E-state index contributed by atoms with van der Waals surface area (Å²) in [5.41, 5.74) is -1.10. The fraction of sp³-hybridized carbons (Fsp3) is 0.533. The number of nitrogens with zero attached hydrogens (tertiary/aromatic N) is 5. The van der Waals surface area contributed by atoms with E-state index in [1.165, 1.54) is 37.4 Å². The molecular formula is C30H38F3N5O6S. The largest absolute Gasteiger partial charge is 0.455 e. The molecule has 2 aliphatic rings. The van der Waals surface area contributed by atoms with E-state index in [4.69, 9.17) is 18.7 Å². The number of rotatable bonds is 12. The van der Waals surface area contributed by atoms with E-state index in [2.05, 4.69) is 38.7 Å². The number of morpholine rings is 1. The van der Waals surface area contributed by atoms with Gasteiger partial charge in [0.2, 0.25) is 11.7 Å². The predicted octanol–water partition coefficient (Wildman–Crippen LogP) is 4.15. The highest BCUT2D eigenvalue weighted by Gasteiger charge is 2.38. The summed E-state index contributed by atoms with van der Waals surface area (Å²) in [5.74, 6) is -0.828. The Bertz CT molecular complexity index is 1560. The number of benzene rings is 2. The summed E-state index contributed by atoms with van der Waals surface area (Å²) in [5, 5.41) is 3.95. The molecule has 0 aliphatic carbocycles. The van der Waals surface area contributed by atoms with Crippen LogP contribution < -0.4 is 4.74 Å². The predicted molar refractivity (Wildman–Crippen MR) is 159 cm³/mol. The van der Waals surface area contributed by atoms with Crippen LogP contribution >= 0.6 is 0 Å². The van der Waals surface area contributed by atoms with Gasteiger partial charge in [-0.15, -0.1) is 0 Å². The topological polar surface area (TPSA) is 110 Å². The van der Waals surface area contributed by atoms with Gasteiger partial charge in [-0.3, -0.25) is 14.7 Å². The first-order valence-corrected chi connectivity index (χ1v) is 16.3. The van der Waals surface area contributed by atoms with Gasteiger partial charge < -0.3 is 18.7 Å². The molecule has 11 nitrogen and oxygen atoms in total. The second-order valence-corrected chi connectivity index (χ2v) is 13.8. The third-order valence-electron chi connectivity index (χ3n) is 7.96. The van der Waals surface area contributed by atoms with Gasteiger partial charge in [0.05, 0.1) is 44.4 Å². The highest BCUT2D eigenvalue weighted by Crippen LogP contribution is 2.41. The third kappa shape index (κ3) is 8.20. The van der Waals surface area contributed by atoms with Crippen LogP contribution in [0.2, 0.25) is 0 Å². The maximum absolute atomic E-state index is 14.2. The van der Waals surface area contributed by atoms with Crippen LogP contribution in [-0.2, 0) is 32.0 Å². The lowest BCUT2D eigenvalue weighted by Crippen LogP contribution is -2.46. The highest BCUT2D eigenvalue weighted by molar-refractivity contribution is 7.91. The van der Waals surface area contributed by atoms with Crippen molar-refractivity contribution in [3.63, 3.8) is 0 Å². The molecule has 0 saturated carbocycles. The summed E-state index contributed by atoms with van der Waals surface area (Å²) in [4.78, 5) is 11.1. The molecule has 0 amide bonds. The molecule has 45 heavy (non-hydrogen) atoms. The maximum Gasteiger partial charge on any atom is 0.420 e. The van der Waals surface area contributed by atoms with Gasteiger partial charge in [-0.2, -0.15) is 18.2 Å². The van der Waals surface area contributed by atoms with Crippen molar-refractivity contribution in [2.45, 2.75) is 37.0 Å². The molecule has 3 heterocycles. The summed E-state index contributed by atoms with van der Waals surface area (Å²) in [6, 6.07) is 8.93. The van der Waals surface area contributed by atoms with Crippen molar-refractivity contribution >= 4 is 9.84 Å². The molecule has 0 atom stereocenters. The van der Waals surface area contributed by atoms with Crippen molar-refractivity contribution in [1.29, 1.82) is 0 Å². The lowest BCUT2D eigenvalue weighted by molar-refractivity contribution is -0.138. The first-order valence-electron chi connectivity index (χ1n) is 14.7. The number of aromatic nitrogens is 2. The minimum Gasteiger partial charge on any atom is -0.455 e. The van der Waals surface area contributed by atoms with Crippen LogP contribution in [0.5, 0.6) is 11.5 Å². The van der Waals surface area contributed by atoms with E-state index in [0.29, 0.717) is 19.1 Å². The van der Waals surface area contributed by atoms with Crippen LogP contribution in [0.4, 0.5) is 13.2 Å². The molecule has 0 radical (unpaired) electrons. The molecule has 0 spiro atoms. The lowest BCUT2D eigenvalue weighted by atomic mass is 10.1. The zero-order chi connectivity index (χ0) is 32.2. The summed E-state index contributed by atoms with van der Waals surface area (Å²) >= 11 is 0. The number of hydrogen-bond acceptors (Lipinski definition) is 11. The van der Waals surface area contributed by atoms with E-state index >= 15 is 0 Å². The van der Waals surface area contributed by atoms with Crippen molar-refractivity contribution in [3.8, 4) is 22.9 Å². The number of para-hydroxylation sites is 1. The highest BCUT2D eigenvalue weighted by atomic mass is 32.2. The van der Waals surface area contributed by atoms with Gasteiger partial charge in [0.1, 0.15) is 16.4 Å². The maximum atomic E-state index is 14.2. The molecule has 5 rings (SSSR count). The lowest BCUT2D eigenvalue weighted by Gasteiger charge is -2.33. The Labute approximate surface area is 260 Å². The average Bonchev–Trinajstić information content (AvgIpc) is 3.58. The van der Waals surface area contributed by atoms with E-state index in [-0.39, 0.29) is 39.9 Å². The van der Waals surface area contributed by atoms with Crippen molar-refractivity contribution < 1.29 is 40.3 Å². The minimum atomic E-state index is -4.81. The molecule has 1 aromatic heterocycles. The van der Waals surface area contributed by atoms with Crippen LogP contribution in [0.3, 0.4) is 0 Å². The summed E-state index contributed by atoms with van der Waals surface area (Å²) < 4.78 is 89.5. The van der Waals surface area contributed by atoms with E-state index < -0.39 is 27.3 Å². The van der Waals surface area contributed by atoms with Crippen molar-refractivity contribution in [1.82, 2.24) is 24.8 Å². The molecule has 3 aromatic rings. The summed E-state index contributed by atoms with van der Waals surface area (Å²) in [6.45, 7) is 11.3. The second-order valence-electron chi connectivity index (χ2n) is 11.7. The molecular weight excluding hydrogens is 615 g/mol. The van der Waals surface area contributed by atoms with Crippen LogP contribution in [0.25, 0.3) is 11.4 Å². The minimum absolute atomic E-state index is 0.00669. The van der Waals surface area contributed by atoms with Crippen molar-refractivity contribution in [3.05, 3.63) is 53.9 Å². The molecule has 2 fully saturated rings. The van der Waals surface area contributed by atoms with E-state index in [9.17, 15) is 21.6 Å². The van der Waals surface area contributed by atoms with Gasteiger partial charge in [0.25, 0.3) is 0 Å². The summed E-state index contributed by atoms with van der Waals surface area (Å²) in [6.07, 6.45) is -4.81. The Morgan fingerprint density at radius 2 is 1.78 bits per heavy atom. The fourth-order valence-corrected chi connectivity index (χ4v) is 6.82. The normalized spacial score (nSPS) is 18.4. The standard InChI is InChI=1S/C30H38F3N5O6S/c1-29(2)20-37(21-38(29)11-10-36-12-14-42-15-13-36)19-27-34-28(35-44-27)22-8-9-24(23(18-22)30(31,32)33)43-25-6-4-5-7-26(25)45(39,40)17-16-41-3/h4-9,18H,10-17,19-21H2,1-3H3. The number of alkyl halides is 3. The van der Waals surface area contributed by atoms with E-state index in [1.54, 1.807) is 0 Å². The fourth-order valence-electron chi connectivity index (χ4n) is 5.52. The SMILES string of the molecule is COCCS(=O)(=O)c1ccccc1Oc1ccc(-c2noc(CN3CN(CCN4CCOCC4)C(C)(C)C3)n2)cc1C(F)(F)F. The Morgan fingerprint density at radius 1 is 1.02 bits per heavy atom. The molecule has 2 aliphatic heterocycles. The van der Waals surface area contributed by atoms with Gasteiger partial charge in [-0.1, -0.05) is 17.3 Å². The van der Waals surface area contributed by atoms with Gasteiger partial charge in [0, 0.05) is 50.9 Å². The molecule has 0 N–H and O–H groups in total. The Morgan fingerprint density at radius 3 is 2.51 bits per heavy atom. The Kier molecular flexibility index (Phi) is 10.2. The Hall–Kier alpha value is -3.08. The zero-order valence-corrected chi connectivity index (χ0v) is 26.4. The molecule has 15 heteroatoms. The molecule has 0 bridgehead atoms. The third-order valence-corrected chi connectivity index (χ3v) is 9.67. The monoisotopic (exact) mass is 653 g/mol. The molecule has 2 aromatic carbocycles. The number of halogens is 3. The van der Waals surface area contributed by atoms with Gasteiger partial charge in [-0.05, 0) is 44.2 Å². The number of hydrogen-bond donors (Lipinski definition) is 0. The van der Waals surface area contributed by atoms with Crippen LogP contribution in [0.1, 0.15) is 25.3 Å². The van der Waals surface area contributed by atoms with E-state index in [1.807, 2.05) is 0 Å². The number of methoxy groups -OCH3 is 1.